The highest BCUT2D eigenvalue weighted by Gasteiger charge is 2.58. The lowest BCUT2D eigenvalue weighted by Crippen LogP contribution is -2.69. The molecule has 25 heteroatoms. The van der Waals surface area contributed by atoms with Crippen LogP contribution in [0.3, 0.4) is 0 Å². The Morgan fingerprint density at radius 2 is 0.802 bits per heavy atom. The molecule has 3 rings (SSSR count). The van der Waals surface area contributed by atoms with Crippen molar-refractivity contribution < 1.29 is 117 Å². The minimum Gasteiger partial charge on any atom is -0.462 e. The molecule has 24 nitrogen and oxygen atoms in total. The van der Waals surface area contributed by atoms with Crippen molar-refractivity contribution in [3.63, 3.8) is 0 Å². The lowest BCUT2D eigenvalue weighted by atomic mass is 9.84. The molecule has 0 aromatic carbocycles. The molecule has 3 fully saturated rings. The molecule has 18 unspecified atom stereocenters. The number of aliphatic hydroxyl groups excluding tert-OH is 10. The summed E-state index contributed by atoms with van der Waals surface area (Å²) in [7, 11) is -5.70. The number of phosphoric acid groups is 1. The molecular formula is C71H129O24P. The van der Waals surface area contributed by atoms with Crippen LogP contribution in [0.2, 0.25) is 0 Å². The average Bonchev–Trinajstić information content (AvgIpc) is 1.08. The van der Waals surface area contributed by atoms with Gasteiger partial charge in [0.1, 0.15) is 98.7 Å². The van der Waals surface area contributed by atoms with E-state index < -0.39 is 156 Å². The number of esters is 3. The van der Waals surface area contributed by atoms with Crippen molar-refractivity contribution in [3.05, 3.63) is 24.3 Å². The zero-order chi connectivity index (χ0) is 70.4. The van der Waals surface area contributed by atoms with Crippen LogP contribution >= 0.6 is 7.82 Å². The highest BCUT2D eigenvalue weighted by atomic mass is 31.2. The highest BCUT2D eigenvalue weighted by molar-refractivity contribution is 7.47. The van der Waals surface area contributed by atoms with E-state index in [4.69, 9.17) is 42.2 Å². The molecule has 0 aromatic rings. The number of phosphoric ester groups is 1. The fourth-order valence-electron chi connectivity index (χ4n) is 12.3. The van der Waals surface area contributed by atoms with Gasteiger partial charge >= 0.3 is 25.7 Å². The first kappa shape index (κ1) is 87.7. The summed E-state index contributed by atoms with van der Waals surface area (Å²) < 4.78 is 64.8. The molecular weight excluding hydrogens is 1270 g/mol. The second-order valence-electron chi connectivity index (χ2n) is 26.7. The van der Waals surface area contributed by atoms with Crippen molar-refractivity contribution >= 4 is 25.7 Å². The van der Waals surface area contributed by atoms with E-state index in [1.165, 1.54) is 147 Å². The minimum absolute atomic E-state index is 0.0388. The van der Waals surface area contributed by atoms with Gasteiger partial charge in [0.25, 0.3) is 0 Å². The molecule has 2 heterocycles. The van der Waals surface area contributed by atoms with Gasteiger partial charge in [-0.3, -0.25) is 18.6 Å². The van der Waals surface area contributed by atoms with E-state index in [1.807, 2.05) is 6.08 Å². The van der Waals surface area contributed by atoms with E-state index in [2.05, 4.69) is 20.8 Å². The summed E-state index contributed by atoms with van der Waals surface area (Å²) in [6.07, 6.45) is 13.1. The standard InChI is InChI=1S/C71H129O24P/c1-4-7-10-13-16-19-22-25-26-29-31-34-37-40-43-46-56(74)88-51-54-59(77)61(79)66(84)71(92-54)94-68-64(82)62(80)63(81)67(93-70-65(83)60(78)58(76)53(48-72)91-70)69(68)95-96(85,86)89-50-52(90-57(75)47-44-41-38-35-32-28-24-21-18-15-12-9-6-3)49-87-55(73)45-42-39-36-33-30-27-23-20-17-14-11-8-5-2/h37,40,43,46,52-54,58-72,76-84H,4-36,38-39,41-42,44-45,47-51H2,1-3H3,(H,85,86)/b40-37+,46-43+. The summed E-state index contributed by atoms with van der Waals surface area (Å²) >= 11 is 0. The number of rotatable bonds is 57. The fraction of sp³-hybridized carbons (Fsp3) is 0.901. The maximum atomic E-state index is 14.3. The maximum absolute atomic E-state index is 14.3. The molecule has 3 aliphatic rings. The van der Waals surface area contributed by atoms with Crippen molar-refractivity contribution in [1.29, 1.82) is 0 Å². The van der Waals surface area contributed by atoms with E-state index in [9.17, 15) is 74.9 Å². The number of hydrogen-bond acceptors (Lipinski definition) is 23. The Bertz CT molecular complexity index is 2090. The zero-order valence-electron chi connectivity index (χ0n) is 58.4. The average molecular weight is 1400 g/mol. The topological polar surface area (TPSA) is 374 Å². The summed E-state index contributed by atoms with van der Waals surface area (Å²) in [5.41, 5.74) is 0. The normalized spacial score (nSPS) is 28.1. The van der Waals surface area contributed by atoms with Crippen molar-refractivity contribution in [3.8, 4) is 0 Å². The summed E-state index contributed by atoms with van der Waals surface area (Å²) in [5.74, 6) is -2.22. The van der Waals surface area contributed by atoms with Gasteiger partial charge in [0, 0.05) is 18.9 Å². The van der Waals surface area contributed by atoms with E-state index in [1.54, 1.807) is 6.08 Å². The SMILES string of the molecule is CCCCCCCCCCCCC/C=C/C=C/C(=O)OCC1OC(OC2C(O)C(O)C(O)C(OC3OC(CO)C(O)C(O)C3O)C2OP(=O)(O)OCC(COC(=O)CCCCCCCCCCCCCCC)OC(=O)CCCCCCCCCCCCCCC)C(O)C(O)C1O. The van der Waals surface area contributed by atoms with Crippen LogP contribution in [0.15, 0.2) is 24.3 Å². The molecule has 0 bridgehead atoms. The molecule has 0 aromatic heterocycles. The number of carbonyl (C=O) groups excluding carboxylic acids is 3. The van der Waals surface area contributed by atoms with Gasteiger partial charge in [-0.2, -0.15) is 0 Å². The van der Waals surface area contributed by atoms with Crippen LogP contribution in [0.25, 0.3) is 0 Å². The summed E-state index contributed by atoms with van der Waals surface area (Å²) in [6, 6.07) is 0. The molecule has 0 amide bonds. The molecule has 11 N–H and O–H groups in total. The zero-order valence-corrected chi connectivity index (χ0v) is 59.3. The predicted octanol–water partition coefficient (Wildman–Crippen LogP) is 9.74. The Labute approximate surface area is 573 Å². The Balaban J connectivity index is 1.75. The summed E-state index contributed by atoms with van der Waals surface area (Å²) in [5, 5.41) is 110. The van der Waals surface area contributed by atoms with Crippen molar-refractivity contribution in [1.82, 2.24) is 0 Å². The van der Waals surface area contributed by atoms with Crippen LogP contribution in [0.1, 0.15) is 278 Å². The summed E-state index contributed by atoms with van der Waals surface area (Å²) in [6.45, 7) is 3.35. The van der Waals surface area contributed by atoms with E-state index in [0.717, 1.165) is 96.0 Å². The van der Waals surface area contributed by atoms with Gasteiger partial charge in [-0.25, -0.2) is 9.36 Å². The first-order valence-corrected chi connectivity index (χ1v) is 38.7. The second-order valence-corrected chi connectivity index (χ2v) is 28.1. The Hall–Kier alpha value is -2.56. The van der Waals surface area contributed by atoms with Gasteiger partial charge in [0.05, 0.1) is 13.2 Å². The van der Waals surface area contributed by atoms with Crippen molar-refractivity contribution in [2.75, 3.05) is 26.4 Å². The molecule has 0 radical (unpaired) electrons. The minimum atomic E-state index is -5.70. The molecule has 96 heavy (non-hydrogen) atoms. The van der Waals surface area contributed by atoms with E-state index >= 15 is 0 Å². The van der Waals surface area contributed by atoms with Crippen LogP contribution in [0.5, 0.6) is 0 Å². The lowest BCUT2D eigenvalue weighted by Gasteiger charge is -2.49. The van der Waals surface area contributed by atoms with E-state index in [0.29, 0.717) is 12.8 Å². The number of hydrogen-bond donors (Lipinski definition) is 11. The number of unbranched alkanes of at least 4 members (excludes halogenated alkanes) is 35. The third-order valence-corrected chi connectivity index (χ3v) is 19.3. The number of ether oxygens (including phenoxy) is 7. The first-order chi connectivity index (χ1) is 46.3. The van der Waals surface area contributed by atoms with E-state index in [-0.39, 0.29) is 12.8 Å². The number of allylic oxidation sites excluding steroid dienone is 3. The Kier molecular flexibility index (Phi) is 48.7. The molecule has 1 saturated carbocycles. The fourth-order valence-corrected chi connectivity index (χ4v) is 13.2. The quantitative estimate of drug-likeness (QED) is 0.00673. The third-order valence-electron chi connectivity index (χ3n) is 18.3. The molecule has 18 atom stereocenters. The van der Waals surface area contributed by atoms with Crippen LogP contribution < -0.4 is 0 Å². The van der Waals surface area contributed by atoms with Crippen molar-refractivity contribution in [2.24, 2.45) is 0 Å². The highest BCUT2D eigenvalue weighted by Crippen LogP contribution is 2.49. The van der Waals surface area contributed by atoms with Gasteiger partial charge in [0.15, 0.2) is 18.7 Å². The molecule has 2 saturated heterocycles. The molecule has 562 valence electrons. The number of carbonyl (C=O) groups is 3. The van der Waals surface area contributed by atoms with Crippen LogP contribution in [0.4, 0.5) is 0 Å². The maximum Gasteiger partial charge on any atom is 0.472 e. The first-order valence-electron chi connectivity index (χ1n) is 37.2. The summed E-state index contributed by atoms with van der Waals surface area (Å²) in [4.78, 5) is 50.8. The smallest absolute Gasteiger partial charge is 0.462 e. The van der Waals surface area contributed by atoms with Crippen LogP contribution in [0, 0.1) is 0 Å². The Morgan fingerprint density at radius 3 is 1.23 bits per heavy atom. The number of aliphatic hydroxyl groups is 10. The predicted molar refractivity (Wildman–Crippen MR) is 361 cm³/mol. The third kappa shape index (κ3) is 36.4. The lowest BCUT2D eigenvalue weighted by molar-refractivity contribution is -0.360. The van der Waals surface area contributed by atoms with Gasteiger partial charge in [0.2, 0.25) is 0 Å². The van der Waals surface area contributed by atoms with Gasteiger partial charge < -0.3 is 89.1 Å². The largest absolute Gasteiger partial charge is 0.472 e. The van der Waals surface area contributed by atoms with Gasteiger partial charge in [-0.15, -0.1) is 0 Å². The Morgan fingerprint density at radius 1 is 0.427 bits per heavy atom. The molecule has 2 aliphatic heterocycles. The second kappa shape index (κ2) is 53.3. The van der Waals surface area contributed by atoms with Crippen LogP contribution in [-0.2, 0) is 61.2 Å². The van der Waals surface area contributed by atoms with Gasteiger partial charge in [-0.1, -0.05) is 257 Å². The monoisotopic (exact) mass is 1400 g/mol. The molecule has 0 spiro atoms. The van der Waals surface area contributed by atoms with Crippen molar-refractivity contribution in [2.45, 2.75) is 382 Å². The van der Waals surface area contributed by atoms with Crippen LogP contribution in [-0.4, -0.2) is 204 Å². The molecule has 1 aliphatic carbocycles. The van der Waals surface area contributed by atoms with Gasteiger partial charge in [-0.05, 0) is 25.7 Å².